The van der Waals surface area contributed by atoms with E-state index >= 15 is 0 Å². The highest BCUT2D eigenvalue weighted by molar-refractivity contribution is 7.90. The van der Waals surface area contributed by atoms with Gasteiger partial charge in [0.1, 0.15) is 11.6 Å². The van der Waals surface area contributed by atoms with Gasteiger partial charge in [-0.1, -0.05) is 24.3 Å². The van der Waals surface area contributed by atoms with Crippen molar-refractivity contribution in [3.05, 3.63) is 70.6 Å². The summed E-state index contributed by atoms with van der Waals surface area (Å²) in [5.74, 6) is -2.73. The van der Waals surface area contributed by atoms with Gasteiger partial charge < -0.3 is 0 Å². The van der Waals surface area contributed by atoms with Crippen LogP contribution in [0.3, 0.4) is 0 Å². The molecule has 0 radical (unpaired) electrons. The van der Waals surface area contributed by atoms with Crippen molar-refractivity contribution in [1.82, 2.24) is 9.97 Å². The lowest BCUT2D eigenvalue weighted by Crippen LogP contribution is -2.12. The number of nitrogens with zero attached hydrogens (tertiary/aromatic N) is 5. The highest BCUT2D eigenvalue weighted by atomic mass is 32.2. The van der Waals surface area contributed by atoms with E-state index in [2.05, 4.69) is 20.0 Å². The van der Waals surface area contributed by atoms with E-state index in [1.165, 1.54) is 36.4 Å². The summed E-state index contributed by atoms with van der Waals surface area (Å²) in [6.45, 7) is 0. The molecule has 3 aromatic rings. The molecule has 0 N–H and O–H groups in total. The molecule has 1 aromatic heterocycles. The predicted octanol–water partition coefficient (Wildman–Crippen LogP) is 5.31. The van der Waals surface area contributed by atoms with Crippen molar-refractivity contribution in [3.8, 4) is 22.4 Å². The molecule has 30 heavy (non-hydrogen) atoms. The van der Waals surface area contributed by atoms with Gasteiger partial charge in [-0.3, -0.25) is 0 Å². The Bertz CT molecular complexity index is 1250. The molecule has 3 rings (SSSR count). The van der Waals surface area contributed by atoms with Crippen molar-refractivity contribution in [3.63, 3.8) is 0 Å². The molecule has 0 saturated heterocycles. The number of hydrogen-bond donors (Lipinski definition) is 0. The molecule has 0 saturated carbocycles. The first kappa shape index (κ1) is 21.2. The van der Waals surface area contributed by atoms with E-state index in [0.717, 1.165) is 18.4 Å². The van der Waals surface area contributed by atoms with Crippen LogP contribution >= 0.6 is 0 Å². The molecule has 0 unspecified atom stereocenters. The number of rotatable bonds is 4. The lowest BCUT2D eigenvalue weighted by molar-refractivity contribution is -0.144. The standard InChI is InChI=1S/C18H11F4N5O2S/c1-30(28,29)13-8-4-11(5-9-13)15-14(10-2-6-12(19)7-3-10)16(26-27-23)25-17(24-15)18(20,21)22/h2-9H,1H3. The van der Waals surface area contributed by atoms with E-state index in [9.17, 15) is 26.0 Å². The number of azide groups is 1. The molecule has 2 aromatic carbocycles. The maximum atomic E-state index is 13.3. The molecule has 0 aliphatic rings. The highest BCUT2D eigenvalue weighted by Crippen LogP contribution is 2.40. The second kappa shape index (κ2) is 7.73. The summed E-state index contributed by atoms with van der Waals surface area (Å²) in [5.41, 5.74) is 8.80. The number of aromatic nitrogens is 2. The Labute approximate surface area is 167 Å². The van der Waals surface area contributed by atoms with E-state index in [0.29, 0.717) is 0 Å². The molecule has 0 amide bonds. The second-order valence-corrected chi connectivity index (χ2v) is 8.10. The highest BCUT2D eigenvalue weighted by Gasteiger charge is 2.36. The van der Waals surface area contributed by atoms with Gasteiger partial charge in [0.05, 0.1) is 10.6 Å². The Morgan fingerprint density at radius 1 is 0.967 bits per heavy atom. The third-order valence-corrected chi connectivity index (χ3v) is 5.10. The van der Waals surface area contributed by atoms with Gasteiger partial charge in [-0.15, -0.1) is 0 Å². The molecular formula is C18H11F4N5O2S. The van der Waals surface area contributed by atoms with Crippen LogP contribution in [0.5, 0.6) is 0 Å². The minimum Gasteiger partial charge on any atom is -0.224 e. The van der Waals surface area contributed by atoms with E-state index in [4.69, 9.17) is 5.53 Å². The third-order valence-electron chi connectivity index (χ3n) is 3.97. The van der Waals surface area contributed by atoms with Crippen molar-refractivity contribution in [1.29, 1.82) is 0 Å². The third kappa shape index (κ3) is 4.39. The van der Waals surface area contributed by atoms with E-state index in [1.807, 2.05) is 0 Å². The Balaban J connectivity index is 2.36. The summed E-state index contributed by atoms with van der Waals surface area (Å²) in [4.78, 5) is 9.40. The van der Waals surface area contributed by atoms with Gasteiger partial charge in [-0.25, -0.2) is 22.8 Å². The Morgan fingerprint density at radius 3 is 2.03 bits per heavy atom. The van der Waals surface area contributed by atoms with Gasteiger partial charge in [-0.05, 0) is 40.5 Å². The molecule has 154 valence electrons. The van der Waals surface area contributed by atoms with Crippen LogP contribution in [-0.2, 0) is 16.0 Å². The predicted molar refractivity (Wildman–Crippen MR) is 99.8 cm³/mol. The average Bonchev–Trinajstić information content (AvgIpc) is 2.67. The fourth-order valence-electron chi connectivity index (χ4n) is 2.64. The first-order valence-electron chi connectivity index (χ1n) is 8.11. The minimum atomic E-state index is -4.94. The van der Waals surface area contributed by atoms with Gasteiger partial charge in [0, 0.05) is 22.3 Å². The Hall–Kier alpha value is -3.50. The first-order valence-corrected chi connectivity index (χ1v) is 10.0. The quantitative estimate of drug-likeness (QED) is 0.238. The maximum absolute atomic E-state index is 13.3. The van der Waals surface area contributed by atoms with Crippen molar-refractivity contribution >= 4 is 15.7 Å². The van der Waals surface area contributed by atoms with Crippen LogP contribution in [0.25, 0.3) is 32.8 Å². The number of benzene rings is 2. The summed E-state index contributed by atoms with van der Waals surface area (Å²) in [7, 11) is -3.54. The molecule has 0 aliphatic heterocycles. The van der Waals surface area contributed by atoms with Crippen LogP contribution in [0.4, 0.5) is 23.4 Å². The van der Waals surface area contributed by atoms with Crippen LogP contribution in [-0.4, -0.2) is 24.6 Å². The van der Waals surface area contributed by atoms with Crippen LogP contribution in [0, 0.1) is 5.82 Å². The van der Waals surface area contributed by atoms with Gasteiger partial charge >= 0.3 is 6.18 Å². The molecule has 1 heterocycles. The van der Waals surface area contributed by atoms with Crippen LogP contribution in [0.1, 0.15) is 5.82 Å². The Morgan fingerprint density at radius 2 is 1.53 bits per heavy atom. The van der Waals surface area contributed by atoms with Gasteiger partial charge in [0.2, 0.25) is 5.82 Å². The molecule has 0 atom stereocenters. The molecule has 0 bridgehead atoms. The zero-order valence-corrected chi connectivity index (χ0v) is 15.9. The van der Waals surface area contributed by atoms with Gasteiger partial charge in [0.25, 0.3) is 0 Å². The van der Waals surface area contributed by atoms with Crippen molar-refractivity contribution in [2.45, 2.75) is 11.1 Å². The lowest BCUT2D eigenvalue weighted by Gasteiger charge is -2.15. The number of alkyl halides is 3. The lowest BCUT2D eigenvalue weighted by atomic mass is 9.99. The largest absolute Gasteiger partial charge is 0.451 e. The Kier molecular flexibility index (Phi) is 5.47. The molecule has 0 fully saturated rings. The summed E-state index contributed by atoms with van der Waals surface area (Å²) >= 11 is 0. The van der Waals surface area contributed by atoms with Gasteiger partial charge in [-0.2, -0.15) is 13.2 Å². The van der Waals surface area contributed by atoms with Crippen LogP contribution in [0.15, 0.2) is 58.5 Å². The van der Waals surface area contributed by atoms with Crippen LogP contribution in [0.2, 0.25) is 0 Å². The summed E-state index contributed by atoms with van der Waals surface area (Å²) in [6, 6.07) is 9.64. The van der Waals surface area contributed by atoms with Crippen molar-refractivity contribution in [2.24, 2.45) is 5.11 Å². The summed E-state index contributed by atoms with van der Waals surface area (Å²) < 4.78 is 76.6. The van der Waals surface area contributed by atoms with E-state index in [1.54, 1.807) is 0 Å². The topological polar surface area (TPSA) is 109 Å². The number of hydrogen-bond acceptors (Lipinski definition) is 5. The normalized spacial score (nSPS) is 11.8. The zero-order chi connectivity index (χ0) is 22.1. The zero-order valence-electron chi connectivity index (χ0n) is 15.1. The molecular weight excluding hydrogens is 426 g/mol. The minimum absolute atomic E-state index is 0.0463. The first-order chi connectivity index (χ1) is 14.0. The van der Waals surface area contributed by atoms with E-state index < -0.39 is 33.5 Å². The summed E-state index contributed by atoms with van der Waals surface area (Å²) in [5, 5.41) is 3.26. The molecule has 0 spiro atoms. The molecule has 12 heteroatoms. The smallest absolute Gasteiger partial charge is 0.224 e. The maximum Gasteiger partial charge on any atom is 0.451 e. The SMILES string of the molecule is CS(=O)(=O)c1ccc(-c2nc(C(F)(F)F)nc(N=[N+]=[N-])c2-c2ccc(F)cc2)cc1. The van der Waals surface area contributed by atoms with Crippen molar-refractivity contribution in [2.75, 3.05) is 6.26 Å². The number of halogens is 4. The fraction of sp³-hybridized carbons (Fsp3) is 0.111. The number of sulfone groups is 1. The fourth-order valence-corrected chi connectivity index (χ4v) is 3.27. The second-order valence-electron chi connectivity index (χ2n) is 6.09. The summed E-state index contributed by atoms with van der Waals surface area (Å²) in [6.07, 6.45) is -3.96. The average molecular weight is 437 g/mol. The van der Waals surface area contributed by atoms with Crippen molar-refractivity contribution < 1.29 is 26.0 Å². The van der Waals surface area contributed by atoms with Gasteiger partial charge in [0.15, 0.2) is 9.84 Å². The monoisotopic (exact) mass is 437 g/mol. The molecule has 0 aliphatic carbocycles. The van der Waals surface area contributed by atoms with Crippen LogP contribution < -0.4 is 0 Å². The van der Waals surface area contributed by atoms with E-state index in [-0.39, 0.29) is 27.3 Å². The molecule has 7 nitrogen and oxygen atoms in total.